The molecule has 1 amide bonds. The third kappa shape index (κ3) is 4.97. The van der Waals surface area contributed by atoms with Crippen LogP contribution in [-0.2, 0) is 11.3 Å². The molecular weight excluding hydrogens is 316 g/mol. The van der Waals surface area contributed by atoms with Crippen LogP contribution in [0.4, 0.5) is 10.5 Å². The molecule has 25 heavy (non-hydrogen) atoms. The highest BCUT2D eigenvalue weighted by Gasteiger charge is 2.35. The SMILES string of the molecule is O=C(OCc1ccccc1)N1CCCC(O)(CNc2ccccc2)C1. The maximum atomic E-state index is 12.3. The Hall–Kier alpha value is -2.53. The summed E-state index contributed by atoms with van der Waals surface area (Å²) in [6.45, 7) is 1.54. The zero-order valence-corrected chi connectivity index (χ0v) is 14.2. The average Bonchev–Trinajstić information content (AvgIpc) is 2.66. The van der Waals surface area contributed by atoms with Crippen LogP contribution in [0.3, 0.4) is 0 Å². The number of carbonyl (C=O) groups excluding carboxylic acids is 1. The van der Waals surface area contributed by atoms with Gasteiger partial charge in [-0.15, -0.1) is 0 Å². The van der Waals surface area contributed by atoms with Crippen LogP contribution < -0.4 is 5.32 Å². The summed E-state index contributed by atoms with van der Waals surface area (Å²) in [5.41, 5.74) is 0.966. The Labute approximate surface area is 148 Å². The molecule has 5 nitrogen and oxygen atoms in total. The smallest absolute Gasteiger partial charge is 0.410 e. The van der Waals surface area contributed by atoms with E-state index in [1.165, 1.54) is 0 Å². The van der Waals surface area contributed by atoms with Gasteiger partial charge in [0.05, 0.1) is 12.1 Å². The fourth-order valence-corrected chi connectivity index (χ4v) is 3.05. The quantitative estimate of drug-likeness (QED) is 0.877. The van der Waals surface area contributed by atoms with Gasteiger partial charge in [0.25, 0.3) is 0 Å². The molecule has 1 saturated heterocycles. The fourth-order valence-electron chi connectivity index (χ4n) is 3.05. The molecule has 1 aliphatic rings. The Morgan fingerprint density at radius 1 is 1.12 bits per heavy atom. The van der Waals surface area contributed by atoms with Gasteiger partial charge in [0.1, 0.15) is 6.61 Å². The number of β-amino-alcohol motifs (C(OH)–C–C–N with tert-alkyl or cyclic N) is 1. The number of nitrogens with zero attached hydrogens (tertiary/aromatic N) is 1. The zero-order valence-electron chi connectivity index (χ0n) is 14.2. The fraction of sp³-hybridized carbons (Fsp3) is 0.350. The standard InChI is InChI=1S/C20H24N2O3/c23-19(25-14-17-8-3-1-4-9-17)22-13-7-12-20(24,16-22)15-21-18-10-5-2-6-11-18/h1-6,8-11,21,24H,7,12-16H2. The Kier molecular flexibility index (Phi) is 5.56. The number of piperidine rings is 1. The Morgan fingerprint density at radius 3 is 2.52 bits per heavy atom. The van der Waals surface area contributed by atoms with Crippen LogP contribution in [0.5, 0.6) is 0 Å². The maximum Gasteiger partial charge on any atom is 0.410 e. The molecule has 3 rings (SSSR count). The van der Waals surface area contributed by atoms with E-state index >= 15 is 0 Å². The summed E-state index contributed by atoms with van der Waals surface area (Å²) in [4.78, 5) is 13.9. The van der Waals surface area contributed by atoms with E-state index < -0.39 is 5.60 Å². The van der Waals surface area contributed by atoms with Crippen LogP contribution in [-0.4, -0.2) is 41.3 Å². The van der Waals surface area contributed by atoms with Crippen molar-refractivity contribution in [3.8, 4) is 0 Å². The second kappa shape index (κ2) is 8.03. The molecular formula is C20H24N2O3. The van der Waals surface area contributed by atoms with Gasteiger partial charge in [-0.3, -0.25) is 0 Å². The number of amides is 1. The first-order chi connectivity index (χ1) is 12.1. The number of para-hydroxylation sites is 1. The highest BCUT2D eigenvalue weighted by atomic mass is 16.6. The van der Waals surface area contributed by atoms with Gasteiger partial charge in [-0.05, 0) is 30.5 Å². The summed E-state index contributed by atoms with van der Waals surface area (Å²) in [6, 6.07) is 19.3. The van der Waals surface area contributed by atoms with E-state index in [9.17, 15) is 9.90 Å². The number of nitrogens with one attached hydrogen (secondary N) is 1. The molecule has 0 spiro atoms. The highest BCUT2D eigenvalue weighted by molar-refractivity contribution is 5.68. The van der Waals surface area contributed by atoms with Crippen LogP contribution >= 0.6 is 0 Å². The molecule has 0 radical (unpaired) electrons. The molecule has 5 heteroatoms. The van der Waals surface area contributed by atoms with Gasteiger partial charge in [0.2, 0.25) is 0 Å². The summed E-state index contributed by atoms with van der Waals surface area (Å²) in [5, 5.41) is 14.1. The van der Waals surface area contributed by atoms with Crippen LogP contribution in [0.25, 0.3) is 0 Å². The third-order valence-corrected chi connectivity index (χ3v) is 4.41. The molecule has 0 saturated carbocycles. The molecule has 2 N–H and O–H groups in total. The number of rotatable bonds is 5. The number of aliphatic hydroxyl groups is 1. The van der Waals surface area contributed by atoms with Gasteiger partial charge in [-0.1, -0.05) is 48.5 Å². The number of likely N-dealkylation sites (tertiary alicyclic amines) is 1. The number of carbonyl (C=O) groups is 1. The summed E-state index contributed by atoms with van der Waals surface area (Å²) < 4.78 is 5.38. The van der Waals surface area contributed by atoms with Gasteiger partial charge in [0.15, 0.2) is 0 Å². The molecule has 2 aromatic rings. The number of hydrogen-bond acceptors (Lipinski definition) is 4. The molecule has 2 aromatic carbocycles. The van der Waals surface area contributed by atoms with Crippen molar-refractivity contribution in [1.82, 2.24) is 4.90 Å². The molecule has 132 valence electrons. The van der Waals surface area contributed by atoms with E-state index in [1.54, 1.807) is 4.90 Å². The minimum absolute atomic E-state index is 0.247. The van der Waals surface area contributed by atoms with E-state index in [0.29, 0.717) is 19.5 Å². The second-order valence-electron chi connectivity index (χ2n) is 6.51. The highest BCUT2D eigenvalue weighted by Crippen LogP contribution is 2.23. The van der Waals surface area contributed by atoms with Gasteiger partial charge >= 0.3 is 6.09 Å². The van der Waals surface area contributed by atoms with Crippen molar-refractivity contribution in [2.75, 3.05) is 25.0 Å². The van der Waals surface area contributed by atoms with E-state index in [-0.39, 0.29) is 19.2 Å². The lowest BCUT2D eigenvalue weighted by Crippen LogP contribution is -2.53. The zero-order chi connectivity index (χ0) is 17.5. The van der Waals surface area contributed by atoms with Crippen molar-refractivity contribution in [3.05, 3.63) is 66.2 Å². The topological polar surface area (TPSA) is 61.8 Å². The summed E-state index contributed by atoms with van der Waals surface area (Å²) in [7, 11) is 0. The third-order valence-electron chi connectivity index (χ3n) is 4.41. The van der Waals surface area contributed by atoms with Crippen molar-refractivity contribution >= 4 is 11.8 Å². The van der Waals surface area contributed by atoms with Crippen LogP contribution in [0.15, 0.2) is 60.7 Å². The number of ether oxygens (including phenoxy) is 1. The van der Waals surface area contributed by atoms with E-state index in [1.807, 2.05) is 60.7 Å². The first kappa shape index (κ1) is 17.3. The molecule has 0 aromatic heterocycles. The van der Waals surface area contributed by atoms with Crippen LogP contribution in [0, 0.1) is 0 Å². The minimum atomic E-state index is -0.945. The van der Waals surface area contributed by atoms with Crippen molar-refractivity contribution in [3.63, 3.8) is 0 Å². The first-order valence-electron chi connectivity index (χ1n) is 8.62. The molecule has 1 unspecified atom stereocenters. The van der Waals surface area contributed by atoms with Crippen molar-refractivity contribution in [1.29, 1.82) is 0 Å². The molecule has 1 atom stereocenters. The number of benzene rings is 2. The van der Waals surface area contributed by atoms with E-state index in [4.69, 9.17) is 4.74 Å². The minimum Gasteiger partial charge on any atom is -0.445 e. The van der Waals surface area contributed by atoms with Gasteiger partial charge in [-0.2, -0.15) is 0 Å². The Morgan fingerprint density at radius 2 is 1.80 bits per heavy atom. The van der Waals surface area contributed by atoms with Crippen LogP contribution in [0.1, 0.15) is 18.4 Å². The van der Waals surface area contributed by atoms with Crippen molar-refractivity contribution < 1.29 is 14.6 Å². The lowest BCUT2D eigenvalue weighted by atomic mass is 9.93. The summed E-state index contributed by atoms with van der Waals surface area (Å²) in [5.74, 6) is 0. The van der Waals surface area contributed by atoms with Crippen molar-refractivity contribution in [2.24, 2.45) is 0 Å². The second-order valence-corrected chi connectivity index (χ2v) is 6.51. The lowest BCUT2D eigenvalue weighted by Gasteiger charge is -2.38. The van der Waals surface area contributed by atoms with Crippen molar-refractivity contribution in [2.45, 2.75) is 25.0 Å². The summed E-state index contributed by atoms with van der Waals surface area (Å²) >= 11 is 0. The monoisotopic (exact) mass is 340 g/mol. The van der Waals surface area contributed by atoms with Crippen LogP contribution in [0.2, 0.25) is 0 Å². The summed E-state index contributed by atoms with van der Waals surface area (Å²) in [6.07, 6.45) is 1.05. The Balaban J connectivity index is 1.51. The molecule has 1 fully saturated rings. The Bertz CT molecular complexity index is 678. The number of hydrogen-bond donors (Lipinski definition) is 2. The van der Waals surface area contributed by atoms with Gasteiger partial charge in [-0.25, -0.2) is 4.79 Å². The maximum absolute atomic E-state index is 12.3. The normalized spacial score (nSPS) is 20.1. The molecule has 0 bridgehead atoms. The number of anilines is 1. The van der Waals surface area contributed by atoms with Gasteiger partial charge < -0.3 is 20.1 Å². The predicted molar refractivity (Wildman–Crippen MR) is 97.3 cm³/mol. The molecule has 1 aliphatic heterocycles. The largest absolute Gasteiger partial charge is 0.445 e. The predicted octanol–water partition coefficient (Wildman–Crippen LogP) is 3.26. The van der Waals surface area contributed by atoms with Gasteiger partial charge in [0, 0.05) is 18.8 Å². The molecule has 1 heterocycles. The lowest BCUT2D eigenvalue weighted by molar-refractivity contribution is -0.0209. The van der Waals surface area contributed by atoms with E-state index in [0.717, 1.165) is 17.7 Å². The average molecular weight is 340 g/mol. The first-order valence-corrected chi connectivity index (χ1v) is 8.62. The molecule has 0 aliphatic carbocycles. The van der Waals surface area contributed by atoms with E-state index in [2.05, 4.69) is 5.32 Å².